The average Bonchev–Trinajstić information content (AvgIpc) is 3.26. The van der Waals surface area contributed by atoms with Gasteiger partial charge in [-0.2, -0.15) is 5.10 Å². The van der Waals surface area contributed by atoms with Crippen LogP contribution in [0, 0.1) is 0 Å². The van der Waals surface area contributed by atoms with Crippen LogP contribution in [0.5, 0.6) is 5.75 Å². The molecule has 1 aromatic heterocycles. The van der Waals surface area contributed by atoms with E-state index in [9.17, 15) is 4.79 Å². The number of aromatic nitrogens is 2. The lowest BCUT2D eigenvalue weighted by Crippen LogP contribution is -2.36. The molecule has 7 heteroatoms. The lowest BCUT2D eigenvalue weighted by Gasteiger charge is -2.21. The normalized spacial score (nSPS) is 12.0. The summed E-state index contributed by atoms with van der Waals surface area (Å²) in [6.07, 6.45) is 3.60. The van der Waals surface area contributed by atoms with Crippen LogP contribution in [0.4, 0.5) is 5.69 Å². The fourth-order valence-electron chi connectivity index (χ4n) is 2.98. The molecule has 0 radical (unpaired) electrons. The second-order valence-electron chi connectivity index (χ2n) is 7.02. The molecule has 152 valence electrons. The SMILES string of the molecule is COc1cccc([C@@H](NCCN(C)C)C(=O)Nc2ccc(-c3cn[nH]c3)cc2)c1. The van der Waals surface area contributed by atoms with Crippen molar-refractivity contribution >= 4 is 11.6 Å². The van der Waals surface area contributed by atoms with Gasteiger partial charge in [0.05, 0.1) is 13.3 Å². The largest absolute Gasteiger partial charge is 0.497 e. The third kappa shape index (κ3) is 5.66. The molecule has 1 amide bonds. The van der Waals surface area contributed by atoms with Crippen LogP contribution in [-0.4, -0.2) is 55.3 Å². The highest BCUT2D eigenvalue weighted by Gasteiger charge is 2.21. The number of nitrogens with zero attached hydrogens (tertiary/aromatic N) is 2. The van der Waals surface area contributed by atoms with E-state index in [4.69, 9.17) is 4.74 Å². The molecule has 0 aliphatic carbocycles. The van der Waals surface area contributed by atoms with Crippen molar-refractivity contribution in [2.45, 2.75) is 6.04 Å². The Balaban J connectivity index is 1.74. The number of carbonyl (C=O) groups is 1. The van der Waals surface area contributed by atoms with Crippen molar-refractivity contribution in [2.24, 2.45) is 0 Å². The minimum atomic E-state index is -0.487. The fraction of sp³-hybridized carbons (Fsp3) is 0.273. The van der Waals surface area contributed by atoms with E-state index < -0.39 is 6.04 Å². The predicted octanol–water partition coefficient (Wildman–Crippen LogP) is 2.92. The molecule has 3 N–H and O–H groups in total. The van der Waals surface area contributed by atoms with E-state index in [1.807, 2.05) is 68.8 Å². The molecule has 7 nitrogen and oxygen atoms in total. The summed E-state index contributed by atoms with van der Waals surface area (Å²) < 4.78 is 5.32. The van der Waals surface area contributed by atoms with Crippen LogP contribution < -0.4 is 15.4 Å². The zero-order chi connectivity index (χ0) is 20.6. The van der Waals surface area contributed by atoms with Crippen molar-refractivity contribution in [2.75, 3.05) is 39.6 Å². The van der Waals surface area contributed by atoms with Gasteiger partial charge in [-0.1, -0.05) is 24.3 Å². The quantitative estimate of drug-likeness (QED) is 0.521. The Labute approximate surface area is 171 Å². The molecule has 29 heavy (non-hydrogen) atoms. The molecule has 1 heterocycles. The van der Waals surface area contributed by atoms with Crippen molar-refractivity contribution in [3.8, 4) is 16.9 Å². The van der Waals surface area contributed by atoms with E-state index in [-0.39, 0.29) is 5.91 Å². The number of nitrogens with one attached hydrogen (secondary N) is 3. The molecular weight excluding hydrogens is 366 g/mol. The van der Waals surface area contributed by atoms with Gasteiger partial charge in [0.25, 0.3) is 0 Å². The summed E-state index contributed by atoms with van der Waals surface area (Å²) in [5.41, 5.74) is 3.63. The van der Waals surface area contributed by atoms with Gasteiger partial charge >= 0.3 is 0 Å². The van der Waals surface area contributed by atoms with Gasteiger partial charge in [0.15, 0.2) is 0 Å². The van der Waals surface area contributed by atoms with Crippen molar-refractivity contribution in [3.05, 3.63) is 66.5 Å². The van der Waals surface area contributed by atoms with E-state index in [1.54, 1.807) is 13.3 Å². The minimum Gasteiger partial charge on any atom is -0.497 e. The highest BCUT2D eigenvalue weighted by molar-refractivity contribution is 5.95. The topological polar surface area (TPSA) is 82.3 Å². The summed E-state index contributed by atoms with van der Waals surface area (Å²) in [4.78, 5) is 15.1. The lowest BCUT2D eigenvalue weighted by molar-refractivity contribution is -0.118. The molecule has 3 aromatic rings. The Bertz CT molecular complexity index is 907. The lowest BCUT2D eigenvalue weighted by atomic mass is 10.0. The maximum Gasteiger partial charge on any atom is 0.246 e. The highest BCUT2D eigenvalue weighted by Crippen LogP contribution is 2.23. The third-order valence-electron chi connectivity index (χ3n) is 4.58. The molecule has 0 aliphatic heterocycles. The van der Waals surface area contributed by atoms with E-state index in [1.165, 1.54) is 0 Å². The summed E-state index contributed by atoms with van der Waals surface area (Å²) in [6.45, 7) is 1.51. The first-order valence-electron chi connectivity index (χ1n) is 9.49. The zero-order valence-electron chi connectivity index (χ0n) is 17.0. The summed E-state index contributed by atoms with van der Waals surface area (Å²) >= 11 is 0. The molecule has 3 rings (SSSR count). The van der Waals surface area contributed by atoms with Crippen LogP contribution in [0.2, 0.25) is 0 Å². The maximum atomic E-state index is 13.1. The van der Waals surface area contributed by atoms with Gasteiger partial charge in [-0.05, 0) is 49.5 Å². The van der Waals surface area contributed by atoms with Crippen LogP contribution >= 0.6 is 0 Å². The standard InChI is InChI=1S/C22H27N5O2/c1-27(2)12-11-23-21(17-5-4-6-20(13-17)29-3)22(28)26-19-9-7-16(8-10-19)18-14-24-25-15-18/h4-10,13-15,21,23H,11-12H2,1-3H3,(H,24,25)(H,26,28)/t21-/m1/s1. The number of aromatic amines is 1. The van der Waals surface area contributed by atoms with Gasteiger partial charge in [0.1, 0.15) is 11.8 Å². The summed E-state index contributed by atoms with van der Waals surface area (Å²) in [5, 5.41) is 13.1. The van der Waals surface area contributed by atoms with Crippen molar-refractivity contribution < 1.29 is 9.53 Å². The number of hydrogen-bond donors (Lipinski definition) is 3. The van der Waals surface area contributed by atoms with Crippen LogP contribution in [-0.2, 0) is 4.79 Å². The van der Waals surface area contributed by atoms with Crippen molar-refractivity contribution in [1.29, 1.82) is 0 Å². The molecular formula is C22H27N5O2. The number of H-pyrrole nitrogens is 1. The zero-order valence-corrected chi connectivity index (χ0v) is 17.0. The summed E-state index contributed by atoms with van der Waals surface area (Å²) in [5.74, 6) is 0.604. The van der Waals surface area contributed by atoms with E-state index in [0.717, 1.165) is 34.7 Å². The van der Waals surface area contributed by atoms with Gasteiger partial charge in [0, 0.05) is 30.5 Å². The summed E-state index contributed by atoms with van der Waals surface area (Å²) in [6, 6.07) is 14.8. The van der Waals surface area contributed by atoms with E-state index in [0.29, 0.717) is 6.54 Å². The fourth-order valence-corrected chi connectivity index (χ4v) is 2.98. The molecule has 2 aromatic carbocycles. The van der Waals surface area contributed by atoms with Gasteiger partial charge < -0.3 is 20.3 Å². The molecule has 1 atom stereocenters. The first-order valence-corrected chi connectivity index (χ1v) is 9.49. The van der Waals surface area contributed by atoms with E-state index >= 15 is 0 Å². The Morgan fingerprint density at radius 2 is 1.97 bits per heavy atom. The van der Waals surface area contributed by atoms with Crippen LogP contribution in [0.3, 0.4) is 0 Å². The number of benzene rings is 2. The van der Waals surface area contributed by atoms with Crippen LogP contribution in [0.25, 0.3) is 11.1 Å². The molecule has 0 fully saturated rings. The molecule has 0 saturated heterocycles. The van der Waals surface area contributed by atoms with Gasteiger partial charge in [-0.25, -0.2) is 0 Å². The molecule has 0 spiro atoms. The Hall–Kier alpha value is -3.16. The number of likely N-dealkylation sites (N-methyl/N-ethyl adjacent to an activating group) is 1. The Kier molecular flexibility index (Phi) is 6.99. The molecule has 0 unspecified atom stereocenters. The molecule has 0 bridgehead atoms. The van der Waals surface area contributed by atoms with E-state index in [2.05, 4.69) is 25.7 Å². The second-order valence-corrected chi connectivity index (χ2v) is 7.02. The first kappa shape index (κ1) is 20.6. The number of amides is 1. The highest BCUT2D eigenvalue weighted by atomic mass is 16.5. The predicted molar refractivity (Wildman–Crippen MR) is 115 cm³/mol. The Morgan fingerprint density at radius 1 is 1.17 bits per heavy atom. The maximum absolute atomic E-state index is 13.1. The number of rotatable bonds is 9. The van der Waals surface area contributed by atoms with Crippen molar-refractivity contribution in [1.82, 2.24) is 20.4 Å². The Morgan fingerprint density at radius 3 is 2.62 bits per heavy atom. The second kappa shape index (κ2) is 9.86. The van der Waals surface area contributed by atoms with Gasteiger partial charge in [-0.3, -0.25) is 9.89 Å². The number of carbonyl (C=O) groups excluding carboxylic acids is 1. The molecule has 0 aliphatic rings. The van der Waals surface area contributed by atoms with Crippen molar-refractivity contribution in [3.63, 3.8) is 0 Å². The number of ether oxygens (including phenoxy) is 1. The average molecular weight is 393 g/mol. The minimum absolute atomic E-state index is 0.118. The monoisotopic (exact) mass is 393 g/mol. The third-order valence-corrected chi connectivity index (χ3v) is 4.58. The number of hydrogen-bond acceptors (Lipinski definition) is 5. The van der Waals surface area contributed by atoms with Gasteiger partial charge in [0.2, 0.25) is 5.91 Å². The van der Waals surface area contributed by atoms with Crippen LogP contribution in [0.15, 0.2) is 60.9 Å². The summed E-state index contributed by atoms with van der Waals surface area (Å²) in [7, 11) is 5.63. The molecule has 0 saturated carbocycles. The first-order chi connectivity index (χ1) is 14.1. The number of anilines is 1. The smallest absolute Gasteiger partial charge is 0.246 e. The van der Waals surface area contributed by atoms with Crippen LogP contribution in [0.1, 0.15) is 11.6 Å². The van der Waals surface area contributed by atoms with Gasteiger partial charge in [-0.15, -0.1) is 0 Å². The number of methoxy groups -OCH3 is 1.